The van der Waals surface area contributed by atoms with Crippen LogP contribution in [-0.2, 0) is 9.53 Å². The van der Waals surface area contributed by atoms with Crippen molar-refractivity contribution in [3.8, 4) is 0 Å². The predicted octanol–water partition coefficient (Wildman–Crippen LogP) is 3.62. The van der Waals surface area contributed by atoms with Crippen molar-refractivity contribution in [3.05, 3.63) is 0 Å². The summed E-state index contributed by atoms with van der Waals surface area (Å²) in [4.78, 5) is 10.3. The van der Waals surface area contributed by atoms with Crippen LogP contribution >= 0.6 is 0 Å². The predicted molar refractivity (Wildman–Crippen MR) is 65.7 cm³/mol. The topological polar surface area (TPSA) is 46.5 Å². The first-order valence-corrected chi connectivity index (χ1v) is 6.50. The molecule has 0 saturated heterocycles. The third kappa shape index (κ3) is 11.5. The molecule has 0 heterocycles. The average Bonchev–Trinajstić information content (AvgIpc) is 2.23. The molecule has 0 bridgehead atoms. The number of rotatable bonds is 11. The van der Waals surface area contributed by atoms with Crippen molar-refractivity contribution < 1.29 is 14.6 Å². The number of hydrogen-bond acceptors (Lipinski definition) is 2. The van der Waals surface area contributed by atoms with Gasteiger partial charge < -0.3 is 9.84 Å². The van der Waals surface area contributed by atoms with Gasteiger partial charge in [0.05, 0.1) is 6.10 Å². The van der Waals surface area contributed by atoms with Gasteiger partial charge in [0.1, 0.15) is 0 Å². The summed E-state index contributed by atoms with van der Waals surface area (Å²) in [7, 11) is 0. The molecule has 1 atom stereocenters. The molecule has 0 rings (SSSR count). The summed E-state index contributed by atoms with van der Waals surface area (Å²) in [5.41, 5.74) is 0. The van der Waals surface area contributed by atoms with Crippen molar-refractivity contribution in [2.75, 3.05) is 6.61 Å². The lowest BCUT2D eigenvalue weighted by Gasteiger charge is -2.12. The van der Waals surface area contributed by atoms with E-state index >= 15 is 0 Å². The molecule has 0 aliphatic rings. The van der Waals surface area contributed by atoms with E-state index in [2.05, 4.69) is 13.8 Å². The van der Waals surface area contributed by atoms with Crippen molar-refractivity contribution in [3.63, 3.8) is 0 Å². The molecule has 0 amide bonds. The molecule has 0 aromatic rings. The van der Waals surface area contributed by atoms with Crippen molar-refractivity contribution in [1.29, 1.82) is 0 Å². The van der Waals surface area contributed by atoms with Gasteiger partial charge in [0.25, 0.3) is 0 Å². The summed E-state index contributed by atoms with van der Waals surface area (Å²) in [6.07, 6.45) is 8.39. The highest BCUT2D eigenvalue weighted by atomic mass is 16.5. The summed E-state index contributed by atoms with van der Waals surface area (Å²) >= 11 is 0. The molecule has 0 aromatic heterocycles. The second-order valence-corrected chi connectivity index (χ2v) is 4.38. The molecule has 3 nitrogen and oxygen atoms in total. The Balaban J connectivity index is 3.17. The van der Waals surface area contributed by atoms with Crippen molar-refractivity contribution >= 4 is 5.97 Å². The molecule has 0 aliphatic heterocycles. The largest absolute Gasteiger partial charge is 0.481 e. The van der Waals surface area contributed by atoms with E-state index in [9.17, 15) is 4.79 Å². The Morgan fingerprint density at radius 2 is 1.94 bits per heavy atom. The lowest BCUT2D eigenvalue weighted by Crippen LogP contribution is -2.09. The fourth-order valence-corrected chi connectivity index (χ4v) is 1.60. The molecule has 0 aromatic carbocycles. The minimum Gasteiger partial charge on any atom is -0.481 e. The highest BCUT2D eigenvalue weighted by molar-refractivity contribution is 5.66. The maximum Gasteiger partial charge on any atom is 0.303 e. The molecule has 0 radical (unpaired) electrons. The number of carboxylic acids is 1. The summed E-state index contributed by atoms with van der Waals surface area (Å²) < 4.78 is 5.61. The van der Waals surface area contributed by atoms with Crippen LogP contribution in [0.15, 0.2) is 0 Å². The van der Waals surface area contributed by atoms with Gasteiger partial charge in [-0.1, -0.05) is 32.6 Å². The number of unbranched alkanes of at least 4 members (excludes halogenated alkanes) is 4. The van der Waals surface area contributed by atoms with E-state index < -0.39 is 5.97 Å². The molecule has 0 fully saturated rings. The van der Waals surface area contributed by atoms with Crippen LogP contribution < -0.4 is 0 Å². The van der Waals surface area contributed by atoms with Gasteiger partial charge in [-0.25, -0.2) is 0 Å². The van der Waals surface area contributed by atoms with E-state index in [-0.39, 0.29) is 6.42 Å². The maximum absolute atomic E-state index is 10.3. The molecule has 0 spiro atoms. The lowest BCUT2D eigenvalue weighted by atomic mass is 10.1. The molecule has 1 unspecified atom stereocenters. The smallest absolute Gasteiger partial charge is 0.303 e. The van der Waals surface area contributed by atoms with Crippen molar-refractivity contribution in [1.82, 2.24) is 0 Å². The van der Waals surface area contributed by atoms with Gasteiger partial charge in [-0.2, -0.15) is 0 Å². The SMILES string of the molecule is CCCCCCC(C)OCCCCC(=O)O. The molecule has 3 heteroatoms. The van der Waals surface area contributed by atoms with Crippen LogP contribution in [0.5, 0.6) is 0 Å². The van der Waals surface area contributed by atoms with Crippen LogP contribution in [0.1, 0.15) is 65.2 Å². The zero-order valence-corrected chi connectivity index (χ0v) is 10.7. The Hall–Kier alpha value is -0.570. The van der Waals surface area contributed by atoms with Crippen LogP contribution in [0.2, 0.25) is 0 Å². The quantitative estimate of drug-likeness (QED) is 0.551. The minimum atomic E-state index is -0.715. The van der Waals surface area contributed by atoms with Crippen LogP contribution in [0, 0.1) is 0 Å². The number of hydrogen-bond donors (Lipinski definition) is 1. The third-order valence-corrected chi connectivity index (χ3v) is 2.65. The summed E-state index contributed by atoms with van der Waals surface area (Å²) in [6, 6.07) is 0. The van der Waals surface area contributed by atoms with E-state index in [1.807, 2.05) is 0 Å². The monoisotopic (exact) mass is 230 g/mol. The second-order valence-electron chi connectivity index (χ2n) is 4.38. The molecule has 0 saturated carbocycles. The van der Waals surface area contributed by atoms with E-state index in [1.54, 1.807) is 0 Å². The van der Waals surface area contributed by atoms with Crippen LogP contribution in [-0.4, -0.2) is 23.8 Å². The van der Waals surface area contributed by atoms with Gasteiger partial charge in [-0.3, -0.25) is 4.79 Å². The van der Waals surface area contributed by atoms with Gasteiger partial charge in [0, 0.05) is 13.0 Å². The fraction of sp³-hybridized carbons (Fsp3) is 0.923. The zero-order valence-electron chi connectivity index (χ0n) is 10.7. The van der Waals surface area contributed by atoms with Gasteiger partial charge in [-0.15, -0.1) is 0 Å². The number of ether oxygens (including phenoxy) is 1. The van der Waals surface area contributed by atoms with Crippen LogP contribution in [0.3, 0.4) is 0 Å². The van der Waals surface area contributed by atoms with E-state index in [1.165, 1.54) is 25.7 Å². The molecule has 0 aliphatic carbocycles. The zero-order chi connectivity index (χ0) is 12.2. The van der Waals surface area contributed by atoms with E-state index in [4.69, 9.17) is 9.84 Å². The second kappa shape index (κ2) is 10.9. The Bertz CT molecular complexity index is 169. The molecular weight excluding hydrogens is 204 g/mol. The van der Waals surface area contributed by atoms with Crippen molar-refractivity contribution in [2.45, 2.75) is 71.3 Å². The minimum absolute atomic E-state index is 0.258. The first-order valence-electron chi connectivity index (χ1n) is 6.50. The average molecular weight is 230 g/mol. The highest BCUT2D eigenvalue weighted by Crippen LogP contribution is 2.08. The summed E-state index contributed by atoms with van der Waals surface area (Å²) in [5.74, 6) is -0.715. The van der Waals surface area contributed by atoms with Crippen LogP contribution in [0.4, 0.5) is 0 Å². The normalized spacial score (nSPS) is 12.6. The lowest BCUT2D eigenvalue weighted by molar-refractivity contribution is -0.137. The first kappa shape index (κ1) is 15.4. The maximum atomic E-state index is 10.3. The Morgan fingerprint density at radius 3 is 2.56 bits per heavy atom. The third-order valence-electron chi connectivity index (χ3n) is 2.65. The number of aliphatic carboxylic acids is 1. The highest BCUT2D eigenvalue weighted by Gasteiger charge is 2.02. The van der Waals surface area contributed by atoms with E-state index in [0.29, 0.717) is 12.7 Å². The standard InChI is InChI=1S/C13H26O3/c1-3-4-5-6-9-12(2)16-11-8-7-10-13(14)15/h12H,3-11H2,1-2H3,(H,14,15). The van der Waals surface area contributed by atoms with Gasteiger partial charge in [-0.05, 0) is 26.2 Å². The Labute approximate surface area is 99.2 Å². The Morgan fingerprint density at radius 1 is 1.19 bits per heavy atom. The Kier molecular flexibility index (Phi) is 10.5. The van der Waals surface area contributed by atoms with Gasteiger partial charge >= 0.3 is 5.97 Å². The molecule has 96 valence electrons. The summed E-state index contributed by atoms with van der Waals surface area (Å²) in [5, 5.41) is 8.45. The van der Waals surface area contributed by atoms with E-state index in [0.717, 1.165) is 19.3 Å². The molecular formula is C13H26O3. The molecule has 1 N–H and O–H groups in total. The van der Waals surface area contributed by atoms with Gasteiger partial charge in [0.15, 0.2) is 0 Å². The van der Waals surface area contributed by atoms with Crippen molar-refractivity contribution in [2.24, 2.45) is 0 Å². The fourth-order valence-electron chi connectivity index (χ4n) is 1.60. The summed E-state index contributed by atoms with van der Waals surface area (Å²) in [6.45, 7) is 5.01. The first-order chi connectivity index (χ1) is 7.66. The number of carboxylic acid groups (broad SMARTS) is 1. The number of carbonyl (C=O) groups is 1. The van der Waals surface area contributed by atoms with Crippen LogP contribution in [0.25, 0.3) is 0 Å². The van der Waals surface area contributed by atoms with Gasteiger partial charge in [0.2, 0.25) is 0 Å². The molecule has 16 heavy (non-hydrogen) atoms.